The van der Waals surface area contributed by atoms with Crippen LogP contribution in [0.1, 0.15) is 35.9 Å². The van der Waals surface area contributed by atoms with Gasteiger partial charge in [-0.15, -0.1) is 0 Å². The van der Waals surface area contributed by atoms with Crippen LogP contribution in [0.15, 0.2) is 18.3 Å². The molecule has 0 atom stereocenters. The summed E-state index contributed by atoms with van der Waals surface area (Å²) in [5.41, 5.74) is 10.9. The third-order valence-electron chi connectivity index (χ3n) is 3.54. The predicted molar refractivity (Wildman–Crippen MR) is 81.5 cm³/mol. The lowest BCUT2D eigenvalue weighted by Crippen LogP contribution is -2.07. The Morgan fingerprint density at radius 2 is 1.85 bits per heavy atom. The first kappa shape index (κ1) is 14.6. The van der Waals surface area contributed by atoms with Crippen LogP contribution in [-0.4, -0.2) is 21.5 Å². The van der Waals surface area contributed by atoms with Crippen LogP contribution in [0.2, 0.25) is 0 Å². The predicted octanol–water partition coefficient (Wildman–Crippen LogP) is 2.61. The van der Waals surface area contributed by atoms with Crippen LogP contribution in [0, 0.1) is 13.8 Å². The van der Waals surface area contributed by atoms with Crippen LogP contribution in [-0.2, 0) is 12.8 Å². The summed E-state index contributed by atoms with van der Waals surface area (Å²) in [5, 5.41) is 0. The lowest BCUT2D eigenvalue weighted by Gasteiger charge is -2.11. The highest BCUT2D eigenvalue weighted by molar-refractivity contribution is 5.55. The second kappa shape index (κ2) is 6.57. The molecule has 0 fully saturated rings. The van der Waals surface area contributed by atoms with E-state index in [1.165, 1.54) is 11.1 Å². The van der Waals surface area contributed by atoms with Gasteiger partial charge in [0.2, 0.25) is 0 Å². The molecular formula is C16H22N4. The van der Waals surface area contributed by atoms with E-state index in [9.17, 15) is 0 Å². The maximum absolute atomic E-state index is 5.58. The number of hydrogen-bond acceptors (Lipinski definition) is 4. The van der Waals surface area contributed by atoms with Crippen molar-refractivity contribution in [3.8, 4) is 11.5 Å². The van der Waals surface area contributed by atoms with Crippen LogP contribution in [0.5, 0.6) is 0 Å². The molecule has 0 amide bonds. The van der Waals surface area contributed by atoms with Crippen molar-refractivity contribution in [1.82, 2.24) is 15.0 Å². The Balaban J connectivity index is 2.44. The lowest BCUT2D eigenvalue weighted by atomic mass is 10.1. The summed E-state index contributed by atoms with van der Waals surface area (Å²) in [4.78, 5) is 13.8. The van der Waals surface area contributed by atoms with Crippen molar-refractivity contribution in [1.29, 1.82) is 0 Å². The van der Waals surface area contributed by atoms with Crippen LogP contribution in [0.25, 0.3) is 11.5 Å². The highest BCUT2D eigenvalue weighted by Crippen LogP contribution is 2.21. The van der Waals surface area contributed by atoms with Gasteiger partial charge >= 0.3 is 0 Å². The second-order valence-corrected chi connectivity index (χ2v) is 4.95. The average Bonchev–Trinajstić information content (AvgIpc) is 2.46. The van der Waals surface area contributed by atoms with Crippen LogP contribution in [0.3, 0.4) is 0 Å². The Morgan fingerprint density at radius 3 is 2.45 bits per heavy atom. The Kier molecular flexibility index (Phi) is 4.79. The molecule has 20 heavy (non-hydrogen) atoms. The number of nitrogens with zero attached hydrogens (tertiary/aromatic N) is 3. The van der Waals surface area contributed by atoms with Crippen LogP contribution >= 0.6 is 0 Å². The zero-order valence-electron chi connectivity index (χ0n) is 12.5. The molecule has 0 saturated heterocycles. The first-order valence-corrected chi connectivity index (χ1v) is 7.15. The van der Waals surface area contributed by atoms with E-state index >= 15 is 0 Å². The minimum absolute atomic E-state index is 0.695. The standard InChI is InChI=1S/C16H22N4/c1-4-13-7-6-10-18-15(13)16-19-11(2)14(8-5-9-17)12(3)20-16/h6-7,10H,4-5,8-9,17H2,1-3H3. The smallest absolute Gasteiger partial charge is 0.178 e. The van der Waals surface area contributed by atoms with Crippen molar-refractivity contribution in [2.45, 2.75) is 40.0 Å². The largest absolute Gasteiger partial charge is 0.330 e. The van der Waals surface area contributed by atoms with Crippen molar-refractivity contribution in [3.05, 3.63) is 40.8 Å². The van der Waals surface area contributed by atoms with Crippen molar-refractivity contribution < 1.29 is 0 Å². The fourth-order valence-electron chi connectivity index (χ4n) is 2.41. The third-order valence-corrected chi connectivity index (χ3v) is 3.54. The van der Waals surface area contributed by atoms with Gasteiger partial charge in [0.1, 0.15) is 5.69 Å². The van der Waals surface area contributed by atoms with E-state index in [2.05, 4.69) is 27.9 Å². The van der Waals surface area contributed by atoms with E-state index < -0.39 is 0 Å². The molecule has 4 nitrogen and oxygen atoms in total. The Morgan fingerprint density at radius 1 is 1.15 bits per heavy atom. The SMILES string of the molecule is CCc1cccnc1-c1nc(C)c(CCCN)c(C)n1. The molecule has 0 unspecified atom stereocenters. The molecule has 0 bridgehead atoms. The van der Waals surface area contributed by atoms with Gasteiger partial charge in [0.25, 0.3) is 0 Å². The van der Waals surface area contributed by atoms with E-state index in [1.54, 1.807) is 6.20 Å². The first-order chi connectivity index (χ1) is 9.67. The molecule has 0 aliphatic heterocycles. The number of aromatic nitrogens is 3. The van der Waals surface area contributed by atoms with Gasteiger partial charge in [-0.25, -0.2) is 9.97 Å². The molecule has 0 aromatic carbocycles. The maximum atomic E-state index is 5.58. The van der Waals surface area contributed by atoms with Crippen LogP contribution < -0.4 is 5.73 Å². The molecule has 0 aliphatic rings. The second-order valence-electron chi connectivity index (χ2n) is 4.95. The molecule has 2 aromatic rings. The van der Waals surface area contributed by atoms with E-state index in [1.807, 2.05) is 19.9 Å². The van der Waals surface area contributed by atoms with Crippen molar-refractivity contribution in [3.63, 3.8) is 0 Å². The Hall–Kier alpha value is -1.81. The van der Waals surface area contributed by atoms with E-state index in [-0.39, 0.29) is 0 Å². The summed E-state index contributed by atoms with van der Waals surface area (Å²) in [5.74, 6) is 0.731. The molecule has 2 N–H and O–H groups in total. The van der Waals surface area contributed by atoms with Gasteiger partial charge in [0.15, 0.2) is 5.82 Å². The van der Waals surface area contributed by atoms with E-state index in [0.717, 1.165) is 42.2 Å². The van der Waals surface area contributed by atoms with E-state index in [4.69, 9.17) is 5.73 Å². The lowest BCUT2D eigenvalue weighted by molar-refractivity contribution is 0.805. The van der Waals surface area contributed by atoms with Gasteiger partial charge in [-0.1, -0.05) is 13.0 Å². The quantitative estimate of drug-likeness (QED) is 0.907. The summed E-state index contributed by atoms with van der Waals surface area (Å²) in [7, 11) is 0. The molecular weight excluding hydrogens is 248 g/mol. The molecule has 4 heteroatoms. The molecule has 2 heterocycles. The molecule has 0 aliphatic carbocycles. The summed E-state index contributed by atoms with van der Waals surface area (Å²) < 4.78 is 0. The van der Waals surface area contributed by atoms with Gasteiger partial charge in [-0.05, 0) is 56.8 Å². The maximum Gasteiger partial charge on any atom is 0.178 e. The van der Waals surface area contributed by atoms with Crippen molar-refractivity contribution in [2.24, 2.45) is 5.73 Å². The summed E-state index contributed by atoms with van der Waals surface area (Å²) >= 11 is 0. The normalized spacial score (nSPS) is 10.8. The molecule has 2 aromatic heterocycles. The minimum Gasteiger partial charge on any atom is -0.330 e. The molecule has 0 radical (unpaired) electrons. The first-order valence-electron chi connectivity index (χ1n) is 7.15. The van der Waals surface area contributed by atoms with Crippen molar-refractivity contribution in [2.75, 3.05) is 6.54 Å². The zero-order chi connectivity index (χ0) is 14.5. The monoisotopic (exact) mass is 270 g/mol. The fourth-order valence-corrected chi connectivity index (χ4v) is 2.41. The Bertz CT molecular complexity index is 570. The fraction of sp³-hybridized carbons (Fsp3) is 0.438. The molecule has 2 rings (SSSR count). The summed E-state index contributed by atoms with van der Waals surface area (Å²) in [6.07, 6.45) is 4.63. The van der Waals surface area contributed by atoms with Crippen molar-refractivity contribution >= 4 is 0 Å². The topological polar surface area (TPSA) is 64.7 Å². The number of rotatable bonds is 5. The average molecular weight is 270 g/mol. The molecule has 0 saturated carbocycles. The molecule has 106 valence electrons. The number of pyridine rings is 1. The van der Waals surface area contributed by atoms with Gasteiger partial charge in [-0.2, -0.15) is 0 Å². The highest BCUT2D eigenvalue weighted by Gasteiger charge is 2.12. The number of nitrogens with two attached hydrogens (primary N) is 1. The highest BCUT2D eigenvalue weighted by atomic mass is 14.9. The number of hydrogen-bond donors (Lipinski definition) is 1. The Labute approximate surface area is 120 Å². The van der Waals surface area contributed by atoms with Gasteiger partial charge in [0.05, 0.1) is 0 Å². The van der Waals surface area contributed by atoms with E-state index in [0.29, 0.717) is 6.54 Å². The van der Waals surface area contributed by atoms with Gasteiger partial charge in [0, 0.05) is 17.6 Å². The minimum atomic E-state index is 0.695. The number of aryl methyl sites for hydroxylation is 3. The van der Waals surface area contributed by atoms with Crippen LogP contribution in [0.4, 0.5) is 0 Å². The third kappa shape index (κ3) is 3.02. The summed E-state index contributed by atoms with van der Waals surface area (Å²) in [6, 6.07) is 4.04. The van der Waals surface area contributed by atoms with Gasteiger partial charge < -0.3 is 5.73 Å². The van der Waals surface area contributed by atoms with Gasteiger partial charge in [-0.3, -0.25) is 4.98 Å². The zero-order valence-corrected chi connectivity index (χ0v) is 12.5. The summed E-state index contributed by atoms with van der Waals surface area (Å²) in [6.45, 7) is 6.90. The molecule has 0 spiro atoms.